The normalized spacial score (nSPS) is 11.8. The summed E-state index contributed by atoms with van der Waals surface area (Å²) >= 11 is 3.34. The van der Waals surface area contributed by atoms with Crippen LogP contribution in [0, 0.1) is 12.7 Å². The van der Waals surface area contributed by atoms with Crippen LogP contribution in [0.15, 0.2) is 47.1 Å². The topological polar surface area (TPSA) is 79.4 Å². The van der Waals surface area contributed by atoms with Gasteiger partial charge in [0.25, 0.3) is 0 Å². The fraction of sp³-hybridized carbons (Fsp3) is 0.111. The maximum Gasteiger partial charge on any atom is 0.348 e. The molecular formula is C18H12BrF3N6. The highest BCUT2D eigenvalue weighted by molar-refractivity contribution is 9.10. The SMILES string of the molecule is Cc1cc(Nc2nc(C(F)(F)c3ccc(F)cn3)nc3c(Br)cccc23)n[nH]1. The van der Waals surface area contributed by atoms with Crippen molar-refractivity contribution in [2.45, 2.75) is 12.8 Å². The van der Waals surface area contributed by atoms with Gasteiger partial charge in [-0.15, -0.1) is 0 Å². The van der Waals surface area contributed by atoms with Crippen molar-refractivity contribution in [3.05, 3.63) is 70.1 Å². The van der Waals surface area contributed by atoms with Gasteiger partial charge in [0, 0.05) is 21.6 Å². The molecule has 4 rings (SSSR count). The molecule has 0 spiro atoms. The largest absolute Gasteiger partial charge is 0.348 e. The maximum atomic E-state index is 15.0. The average molecular weight is 449 g/mol. The number of hydrogen-bond acceptors (Lipinski definition) is 5. The zero-order valence-electron chi connectivity index (χ0n) is 14.3. The first kappa shape index (κ1) is 18.4. The minimum absolute atomic E-state index is 0.162. The predicted molar refractivity (Wildman–Crippen MR) is 101 cm³/mol. The molecule has 0 radical (unpaired) electrons. The van der Waals surface area contributed by atoms with Crippen LogP contribution in [-0.2, 0) is 5.92 Å². The molecule has 0 aliphatic heterocycles. The standard InChI is InChI=1S/C18H12BrF3N6/c1-9-7-14(28-27-9)24-16-11-3-2-4-12(19)15(11)25-17(26-16)18(21,22)13-6-5-10(20)8-23-13/h2-8H,1H3,(H2,24,25,26,27,28). The quantitative estimate of drug-likeness (QED) is 0.466. The van der Waals surface area contributed by atoms with Crippen molar-refractivity contribution in [2.75, 3.05) is 5.32 Å². The van der Waals surface area contributed by atoms with Gasteiger partial charge in [-0.05, 0) is 47.1 Å². The fourth-order valence-electron chi connectivity index (χ4n) is 2.63. The molecule has 0 aliphatic carbocycles. The number of hydrogen-bond donors (Lipinski definition) is 2. The summed E-state index contributed by atoms with van der Waals surface area (Å²) in [6.45, 7) is 1.81. The van der Waals surface area contributed by atoms with Gasteiger partial charge in [-0.25, -0.2) is 14.4 Å². The Morgan fingerprint density at radius 3 is 2.64 bits per heavy atom. The van der Waals surface area contributed by atoms with E-state index in [1.165, 1.54) is 0 Å². The third kappa shape index (κ3) is 3.31. The highest BCUT2D eigenvalue weighted by atomic mass is 79.9. The fourth-order valence-corrected chi connectivity index (χ4v) is 3.09. The van der Waals surface area contributed by atoms with Gasteiger partial charge in [0.1, 0.15) is 17.3 Å². The van der Waals surface area contributed by atoms with Crippen LogP contribution in [0.25, 0.3) is 10.9 Å². The molecule has 0 unspecified atom stereocenters. The smallest absolute Gasteiger partial charge is 0.323 e. The summed E-state index contributed by atoms with van der Waals surface area (Å²) in [6.07, 6.45) is 0.728. The van der Waals surface area contributed by atoms with Gasteiger partial charge in [-0.1, -0.05) is 6.07 Å². The summed E-state index contributed by atoms with van der Waals surface area (Å²) in [5.74, 6) is -4.52. The van der Waals surface area contributed by atoms with E-state index in [9.17, 15) is 4.39 Å². The second-order valence-electron chi connectivity index (χ2n) is 6.03. The van der Waals surface area contributed by atoms with Crippen molar-refractivity contribution < 1.29 is 13.2 Å². The lowest BCUT2D eigenvalue weighted by atomic mass is 10.1. The molecule has 0 fully saturated rings. The first-order valence-electron chi connectivity index (χ1n) is 8.10. The summed E-state index contributed by atoms with van der Waals surface area (Å²) < 4.78 is 43.7. The van der Waals surface area contributed by atoms with Gasteiger partial charge < -0.3 is 5.32 Å². The molecule has 4 aromatic rings. The minimum Gasteiger partial charge on any atom is -0.323 e. The second-order valence-corrected chi connectivity index (χ2v) is 6.88. The number of aryl methyl sites for hydroxylation is 1. The summed E-state index contributed by atoms with van der Waals surface area (Å²) in [6, 6.07) is 8.68. The van der Waals surface area contributed by atoms with E-state index in [4.69, 9.17) is 0 Å². The van der Waals surface area contributed by atoms with E-state index in [2.05, 4.69) is 46.4 Å². The van der Waals surface area contributed by atoms with Crippen molar-refractivity contribution >= 4 is 38.5 Å². The lowest BCUT2D eigenvalue weighted by Gasteiger charge is -2.17. The molecule has 3 aromatic heterocycles. The number of H-pyrrole nitrogens is 1. The Labute approximate surface area is 165 Å². The second kappa shape index (κ2) is 6.86. The lowest BCUT2D eigenvalue weighted by molar-refractivity contribution is 0.0285. The Morgan fingerprint density at radius 1 is 1.14 bits per heavy atom. The third-order valence-electron chi connectivity index (χ3n) is 3.96. The first-order chi connectivity index (χ1) is 13.3. The number of benzene rings is 1. The van der Waals surface area contributed by atoms with Crippen LogP contribution < -0.4 is 5.32 Å². The van der Waals surface area contributed by atoms with Gasteiger partial charge in [-0.2, -0.15) is 13.9 Å². The van der Waals surface area contributed by atoms with Gasteiger partial charge in [0.2, 0.25) is 5.82 Å². The van der Waals surface area contributed by atoms with Gasteiger partial charge in [-0.3, -0.25) is 10.1 Å². The van der Waals surface area contributed by atoms with Crippen LogP contribution in [-0.4, -0.2) is 25.1 Å². The number of alkyl halides is 2. The predicted octanol–water partition coefficient (Wildman–Crippen LogP) is 4.84. The molecule has 28 heavy (non-hydrogen) atoms. The Balaban J connectivity index is 1.89. The molecular weight excluding hydrogens is 437 g/mol. The van der Waals surface area contributed by atoms with Crippen LogP contribution in [0.5, 0.6) is 0 Å². The van der Waals surface area contributed by atoms with Crippen molar-refractivity contribution in [3.63, 3.8) is 0 Å². The number of halogens is 4. The van der Waals surface area contributed by atoms with Crippen molar-refractivity contribution in [2.24, 2.45) is 0 Å². The number of para-hydroxylation sites is 1. The number of pyridine rings is 1. The number of aromatic nitrogens is 5. The highest BCUT2D eigenvalue weighted by Gasteiger charge is 2.40. The van der Waals surface area contributed by atoms with E-state index < -0.39 is 23.3 Å². The summed E-state index contributed by atoms with van der Waals surface area (Å²) in [5, 5.41) is 10.3. The van der Waals surface area contributed by atoms with Crippen LogP contribution in [0.1, 0.15) is 17.2 Å². The maximum absolute atomic E-state index is 15.0. The number of rotatable bonds is 4. The van der Waals surface area contributed by atoms with E-state index >= 15 is 8.78 Å². The molecule has 0 aliphatic rings. The van der Waals surface area contributed by atoms with Gasteiger partial charge in [0.15, 0.2) is 5.82 Å². The Bertz CT molecular complexity index is 1160. The van der Waals surface area contributed by atoms with Gasteiger partial charge in [0.05, 0.1) is 11.7 Å². The molecule has 0 bridgehead atoms. The molecule has 0 atom stereocenters. The lowest BCUT2D eigenvalue weighted by Crippen LogP contribution is -2.21. The highest BCUT2D eigenvalue weighted by Crippen LogP contribution is 2.36. The Kier molecular flexibility index (Phi) is 4.50. The zero-order chi connectivity index (χ0) is 19.9. The number of aromatic amines is 1. The molecule has 142 valence electrons. The number of nitrogens with zero attached hydrogens (tertiary/aromatic N) is 4. The van der Waals surface area contributed by atoms with Gasteiger partial charge >= 0.3 is 5.92 Å². The monoisotopic (exact) mass is 448 g/mol. The molecule has 10 heteroatoms. The van der Waals surface area contributed by atoms with E-state index in [1.54, 1.807) is 24.3 Å². The zero-order valence-corrected chi connectivity index (χ0v) is 15.9. The van der Waals surface area contributed by atoms with E-state index in [1.807, 2.05) is 6.92 Å². The molecule has 1 aromatic carbocycles. The molecule has 0 amide bonds. The van der Waals surface area contributed by atoms with E-state index in [-0.39, 0.29) is 5.82 Å². The molecule has 2 N–H and O–H groups in total. The molecule has 3 heterocycles. The van der Waals surface area contributed by atoms with Crippen molar-refractivity contribution in [3.8, 4) is 0 Å². The van der Waals surface area contributed by atoms with Crippen molar-refractivity contribution in [1.82, 2.24) is 25.1 Å². The third-order valence-corrected chi connectivity index (χ3v) is 4.60. The summed E-state index contributed by atoms with van der Waals surface area (Å²) in [4.78, 5) is 11.6. The Hall–Kier alpha value is -3.01. The number of nitrogens with one attached hydrogen (secondary N) is 2. The van der Waals surface area contributed by atoms with E-state index in [0.29, 0.717) is 21.2 Å². The van der Waals surface area contributed by atoms with Crippen molar-refractivity contribution in [1.29, 1.82) is 0 Å². The molecule has 0 saturated heterocycles. The van der Waals surface area contributed by atoms with E-state index in [0.717, 1.165) is 24.0 Å². The molecule has 6 nitrogen and oxygen atoms in total. The average Bonchev–Trinajstić information content (AvgIpc) is 3.07. The van der Waals surface area contributed by atoms with Crippen LogP contribution >= 0.6 is 15.9 Å². The van der Waals surface area contributed by atoms with Crippen LogP contribution in [0.3, 0.4) is 0 Å². The number of anilines is 2. The minimum atomic E-state index is -3.63. The number of fused-ring (bicyclic) bond motifs is 1. The first-order valence-corrected chi connectivity index (χ1v) is 8.89. The van der Waals surface area contributed by atoms with Crippen LogP contribution in [0.2, 0.25) is 0 Å². The Morgan fingerprint density at radius 2 is 1.96 bits per heavy atom. The molecule has 0 saturated carbocycles. The van der Waals surface area contributed by atoms with Crippen LogP contribution in [0.4, 0.5) is 24.8 Å². The summed E-state index contributed by atoms with van der Waals surface area (Å²) in [7, 11) is 0. The summed E-state index contributed by atoms with van der Waals surface area (Å²) in [5.41, 5.74) is 0.439.